The van der Waals surface area contributed by atoms with Gasteiger partial charge in [-0.1, -0.05) is 32.0 Å². The quantitative estimate of drug-likeness (QED) is 0.847. The van der Waals surface area contributed by atoms with Crippen LogP contribution in [0.4, 0.5) is 0 Å². The number of benzene rings is 1. The number of thiophene rings is 1. The van der Waals surface area contributed by atoms with Gasteiger partial charge in [-0.05, 0) is 47.1 Å². The Balaban J connectivity index is 1.76. The van der Waals surface area contributed by atoms with Gasteiger partial charge in [0.15, 0.2) is 0 Å². The molecule has 96 valence electrons. The van der Waals surface area contributed by atoms with Gasteiger partial charge in [0.05, 0.1) is 0 Å². The maximum atomic E-state index is 3.61. The topological polar surface area (TPSA) is 12.0 Å². The van der Waals surface area contributed by atoms with Gasteiger partial charge < -0.3 is 5.32 Å². The molecule has 0 bridgehead atoms. The average molecular weight is 259 g/mol. The summed E-state index contributed by atoms with van der Waals surface area (Å²) in [5.74, 6) is 0. The monoisotopic (exact) mass is 259 g/mol. The van der Waals surface area contributed by atoms with E-state index in [1.54, 1.807) is 5.56 Å². The van der Waals surface area contributed by atoms with Crippen LogP contribution < -0.4 is 5.32 Å². The first-order chi connectivity index (χ1) is 8.69. The molecule has 0 saturated heterocycles. The summed E-state index contributed by atoms with van der Waals surface area (Å²) in [5, 5.41) is 7.44. The number of hydrogen-bond donors (Lipinski definition) is 1. The summed E-state index contributed by atoms with van der Waals surface area (Å²) in [6.45, 7) is 5.64. The number of nitrogens with one attached hydrogen (secondary N) is 1. The second kappa shape index (κ2) is 4.67. The van der Waals surface area contributed by atoms with Crippen LogP contribution >= 0.6 is 11.3 Å². The maximum Gasteiger partial charge on any atom is 0.0345 e. The van der Waals surface area contributed by atoms with E-state index in [9.17, 15) is 0 Å². The molecule has 18 heavy (non-hydrogen) atoms. The Hall–Kier alpha value is -0.860. The van der Waals surface area contributed by atoms with E-state index < -0.39 is 0 Å². The first-order valence-corrected chi connectivity index (χ1v) is 7.75. The van der Waals surface area contributed by atoms with Crippen molar-refractivity contribution in [2.75, 3.05) is 6.54 Å². The highest BCUT2D eigenvalue weighted by molar-refractivity contribution is 7.17. The standard InChI is InChI=1S/C16H21NS/c1-12(2)17-11-16(7-8-16)9-13-10-18-15-6-4-3-5-14(13)15/h3-6,10,12,17H,7-9,11H2,1-2H3. The van der Waals surface area contributed by atoms with Gasteiger partial charge in [-0.25, -0.2) is 0 Å². The van der Waals surface area contributed by atoms with Crippen molar-refractivity contribution in [2.24, 2.45) is 5.41 Å². The van der Waals surface area contributed by atoms with Crippen molar-refractivity contribution < 1.29 is 0 Å². The Kier molecular flexibility index (Phi) is 3.16. The first-order valence-electron chi connectivity index (χ1n) is 6.87. The van der Waals surface area contributed by atoms with Gasteiger partial charge in [-0.3, -0.25) is 0 Å². The minimum absolute atomic E-state index is 0.550. The molecule has 1 N–H and O–H groups in total. The fraction of sp³-hybridized carbons (Fsp3) is 0.500. The second-order valence-corrected chi connectivity index (χ2v) is 6.88. The van der Waals surface area contributed by atoms with Crippen molar-refractivity contribution in [1.29, 1.82) is 0 Å². The van der Waals surface area contributed by atoms with Crippen LogP contribution in [-0.2, 0) is 6.42 Å². The SMILES string of the molecule is CC(C)NCC1(Cc2csc3ccccc23)CC1. The zero-order valence-corrected chi connectivity index (χ0v) is 12.0. The molecule has 1 heterocycles. The van der Waals surface area contributed by atoms with E-state index in [0.29, 0.717) is 11.5 Å². The van der Waals surface area contributed by atoms with E-state index in [0.717, 1.165) is 0 Å². The van der Waals surface area contributed by atoms with Crippen LogP contribution in [0.25, 0.3) is 10.1 Å². The predicted octanol–water partition coefficient (Wildman–Crippen LogP) is 4.22. The van der Waals surface area contributed by atoms with Crippen LogP contribution in [0.5, 0.6) is 0 Å². The lowest BCUT2D eigenvalue weighted by atomic mass is 9.96. The predicted molar refractivity (Wildman–Crippen MR) is 80.3 cm³/mol. The molecular weight excluding hydrogens is 238 g/mol. The third-order valence-electron chi connectivity index (χ3n) is 3.97. The highest BCUT2D eigenvalue weighted by Crippen LogP contribution is 2.49. The lowest BCUT2D eigenvalue weighted by Crippen LogP contribution is -2.30. The molecule has 1 aromatic heterocycles. The van der Waals surface area contributed by atoms with Gasteiger partial charge in [0, 0.05) is 17.3 Å². The summed E-state index contributed by atoms with van der Waals surface area (Å²) < 4.78 is 1.43. The van der Waals surface area contributed by atoms with Crippen molar-refractivity contribution in [3.05, 3.63) is 35.2 Å². The van der Waals surface area contributed by atoms with Crippen LogP contribution in [-0.4, -0.2) is 12.6 Å². The summed E-state index contributed by atoms with van der Waals surface area (Å²) in [5.41, 5.74) is 2.10. The third kappa shape index (κ3) is 2.45. The van der Waals surface area contributed by atoms with E-state index in [1.165, 1.54) is 35.9 Å². The van der Waals surface area contributed by atoms with E-state index in [4.69, 9.17) is 0 Å². The summed E-state index contributed by atoms with van der Waals surface area (Å²) in [4.78, 5) is 0. The van der Waals surface area contributed by atoms with E-state index in [1.807, 2.05) is 11.3 Å². The molecule has 0 unspecified atom stereocenters. The van der Waals surface area contributed by atoms with Crippen LogP contribution in [0, 0.1) is 5.41 Å². The third-order valence-corrected chi connectivity index (χ3v) is 4.98. The van der Waals surface area contributed by atoms with E-state index in [-0.39, 0.29) is 0 Å². The number of hydrogen-bond acceptors (Lipinski definition) is 2. The second-order valence-electron chi connectivity index (χ2n) is 5.97. The molecule has 0 spiro atoms. The van der Waals surface area contributed by atoms with Gasteiger partial charge in [-0.15, -0.1) is 11.3 Å². The summed E-state index contributed by atoms with van der Waals surface area (Å²) in [7, 11) is 0. The first kappa shape index (κ1) is 12.2. The van der Waals surface area contributed by atoms with Gasteiger partial charge in [0.25, 0.3) is 0 Å². The van der Waals surface area contributed by atoms with Crippen LogP contribution in [0.3, 0.4) is 0 Å². The van der Waals surface area contributed by atoms with Crippen molar-refractivity contribution in [3.63, 3.8) is 0 Å². The molecule has 0 radical (unpaired) electrons. The average Bonchev–Trinajstić information content (AvgIpc) is 3.02. The van der Waals surface area contributed by atoms with Crippen molar-refractivity contribution in [1.82, 2.24) is 5.32 Å². The molecule has 0 amide bonds. The smallest absolute Gasteiger partial charge is 0.0345 e. The largest absolute Gasteiger partial charge is 0.314 e. The van der Waals surface area contributed by atoms with E-state index >= 15 is 0 Å². The number of rotatable bonds is 5. The zero-order valence-electron chi connectivity index (χ0n) is 11.2. The van der Waals surface area contributed by atoms with Crippen molar-refractivity contribution >= 4 is 21.4 Å². The Labute approximate surface area is 113 Å². The molecular formula is C16H21NS. The van der Waals surface area contributed by atoms with Crippen LogP contribution in [0.15, 0.2) is 29.6 Å². The molecule has 1 aliphatic rings. The fourth-order valence-electron chi connectivity index (χ4n) is 2.59. The normalized spacial score (nSPS) is 17.5. The summed E-state index contributed by atoms with van der Waals surface area (Å²) >= 11 is 1.89. The molecule has 3 rings (SSSR count). The van der Waals surface area contributed by atoms with Gasteiger partial charge >= 0.3 is 0 Å². The molecule has 2 heteroatoms. The Morgan fingerprint density at radius 1 is 1.28 bits per heavy atom. The molecule has 0 aliphatic heterocycles. The molecule has 1 fully saturated rings. The minimum Gasteiger partial charge on any atom is -0.314 e. The molecule has 1 aliphatic carbocycles. The van der Waals surface area contributed by atoms with Gasteiger partial charge in [0.1, 0.15) is 0 Å². The summed E-state index contributed by atoms with van der Waals surface area (Å²) in [6.07, 6.45) is 4.02. The highest BCUT2D eigenvalue weighted by atomic mass is 32.1. The maximum absolute atomic E-state index is 3.61. The van der Waals surface area contributed by atoms with E-state index in [2.05, 4.69) is 48.8 Å². The highest BCUT2D eigenvalue weighted by Gasteiger charge is 2.42. The zero-order chi connectivity index (χ0) is 12.6. The van der Waals surface area contributed by atoms with Crippen LogP contribution in [0.2, 0.25) is 0 Å². The van der Waals surface area contributed by atoms with Crippen molar-refractivity contribution in [2.45, 2.75) is 39.2 Å². The lowest BCUT2D eigenvalue weighted by Gasteiger charge is -2.17. The fourth-order valence-corrected chi connectivity index (χ4v) is 3.55. The number of fused-ring (bicyclic) bond motifs is 1. The lowest BCUT2D eigenvalue weighted by molar-refractivity contribution is 0.431. The minimum atomic E-state index is 0.550. The molecule has 0 atom stereocenters. The molecule has 1 nitrogen and oxygen atoms in total. The van der Waals surface area contributed by atoms with Gasteiger partial charge in [0.2, 0.25) is 0 Å². The Morgan fingerprint density at radius 3 is 2.78 bits per heavy atom. The van der Waals surface area contributed by atoms with Gasteiger partial charge in [-0.2, -0.15) is 0 Å². The molecule has 1 saturated carbocycles. The Morgan fingerprint density at radius 2 is 2.06 bits per heavy atom. The van der Waals surface area contributed by atoms with Crippen molar-refractivity contribution in [3.8, 4) is 0 Å². The molecule has 2 aromatic rings. The summed E-state index contributed by atoms with van der Waals surface area (Å²) in [6, 6.07) is 9.39. The Bertz CT molecular complexity index is 537. The molecule has 1 aromatic carbocycles. The van der Waals surface area contributed by atoms with Crippen LogP contribution in [0.1, 0.15) is 32.3 Å².